The molecule has 1 aromatic carbocycles. The molecule has 138 valence electrons. The van der Waals surface area contributed by atoms with E-state index in [1.807, 2.05) is 0 Å². The van der Waals surface area contributed by atoms with E-state index in [2.05, 4.69) is 15.2 Å². The van der Waals surface area contributed by atoms with Gasteiger partial charge >= 0.3 is 5.97 Å². The predicted octanol–water partition coefficient (Wildman–Crippen LogP) is 2.40. The molecule has 1 aliphatic heterocycles. The van der Waals surface area contributed by atoms with Crippen molar-refractivity contribution in [1.82, 2.24) is 9.88 Å². The lowest BCUT2D eigenvalue weighted by molar-refractivity contribution is 0.0341. The third-order valence-corrected chi connectivity index (χ3v) is 4.73. The summed E-state index contributed by atoms with van der Waals surface area (Å²) in [5.74, 6) is -0.643. The fraction of sp³-hybridized carbons (Fsp3) is 0.389. The number of esters is 1. The first-order valence-corrected chi connectivity index (χ1v) is 9.36. The van der Waals surface area contributed by atoms with Crippen LogP contribution in [-0.4, -0.2) is 54.7 Å². The molecule has 1 aromatic heterocycles. The summed E-state index contributed by atoms with van der Waals surface area (Å²) in [5, 5.41) is 5.47. The van der Waals surface area contributed by atoms with Gasteiger partial charge in [-0.2, -0.15) is 0 Å². The van der Waals surface area contributed by atoms with Crippen LogP contribution in [0.4, 0.5) is 5.69 Å². The maximum atomic E-state index is 12.3. The van der Waals surface area contributed by atoms with Crippen LogP contribution >= 0.6 is 11.3 Å². The third-order valence-electron chi connectivity index (χ3n) is 3.90. The SMILES string of the molecule is CCOC(=O)c1ccc(NC(=O)c2csc(CN3CCOCC3)n2)cc1. The molecule has 1 saturated heterocycles. The van der Waals surface area contributed by atoms with Crippen LogP contribution in [0, 0.1) is 0 Å². The molecule has 0 unspecified atom stereocenters. The number of nitrogens with one attached hydrogen (secondary N) is 1. The highest BCUT2D eigenvalue weighted by Crippen LogP contribution is 2.16. The molecule has 0 saturated carbocycles. The van der Waals surface area contributed by atoms with Crippen molar-refractivity contribution in [1.29, 1.82) is 0 Å². The second kappa shape index (κ2) is 8.88. The summed E-state index contributed by atoms with van der Waals surface area (Å²) in [4.78, 5) is 30.7. The van der Waals surface area contributed by atoms with Gasteiger partial charge in [0, 0.05) is 24.2 Å². The summed E-state index contributed by atoms with van der Waals surface area (Å²) in [5.41, 5.74) is 1.45. The molecule has 0 atom stereocenters. The number of morpholine rings is 1. The summed E-state index contributed by atoms with van der Waals surface area (Å²) < 4.78 is 10.3. The van der Waals surface area contributed by atoms with Gasteiger partial charge in [0.25, 0.3) is 5.91 Å². The monoisotopic (exact) mass is 375 g/mol. The lowest BCUT2D eigenvalue weighted by atomic mass is 10.2. The van der Waals surface area contributed by atoms with E-state index in [0.717, 1.165) is 37.9 Å². The Morgan fingerprint density at radius 2 is 2.00 bits per heavy atom. The number of ether oxygens (including phenoxy) is 2. The number of anilines is 1. The molecule has 0 aliphatic carbocycles. The normalized spacial score (nSPS) is 14.8. The van der Waals surface area contributed by atoms with Gasteiger partial charge in [0.05, 0.1) is 31.9 Å². The quantitative estimate of drug-likeness (QED) is 0.781. The van der Waals surface area contributed by atoms with Crippen LogP contribution in [0.1, 0.15) is 32.8 Å². The Kier molecular flexibility index (Phi) is 6.32. The van der Waals surface area contributed by atoms with Crippen molar-refractivity contribution in [3.63, 3.8) is 0 Å². The fourth-order valence-corrected chi connectivity index (χ4v) is 3.35. The van der Waals surface area contributed by atoms with Crippen LogP contribution in [0.5, 0.6) is 0 Å². The van der Waals surface area contributed by atoms with Crippen molar-refractivity contribution in [2.24, 2.45) is 0 Å². The van der Waals surface area contributed by atoms with Crippen LogP contribution in [0.25, 0.3) is 0 Å². The van der Waals surface area contributed by atoms with Gasteiger partial charge in [0.2, 0.25) is 0 Å². The number of aromatic nitrogens is 1. The van der Waals surface area contributed by atoms with Gasteiger partial charge in [-0.05, 0) is 31.2 Å². The number of amides is 1. The Bertz CT molecular complexity index is 754. The van der Waals surface area contributed by atoms with E-state index in [9.17, 15) is 9.59 Å². The molecule has 1 aliphatic rings. The van der Waals surface area contributed by atoms with Crippen molar-refractivity contribution in [2.75, 3.05) is 38.2 Å². The summed E-state index contributed by atoms with van der Waals surface area (Å²) in [6.45, 7) is 6.06. The van der Waals surface area contributed by atoms with Gasteiger partial charge < -0.3 is 14.8 Å². The van der Waals surface area contributed by atoms with Gasteiger partial charge in [-0.1, -0.05) is 0 Å². The Morgan fingerprint density at radius 3 is 2.69 bits per heavy atom. The number of carbonyl (C=O) groups is 2. The van der Waals surface area contributed by atoms with Crippen molar-refractivity contribution in [2.45, 2.75) is 13.5 Å². The first-order valence-electron chi connectivity index (χ1n) is 8.48. The largest absolute Gasteiger partial charge is 0.462 e. The Hall–Kier alpha value is -2.29. The number of carbonyl (C=O) groups excluding carboxylic acids is 2. The van der Waals surface area contributed by atoms with Crippen molar-refractivity contribution in [3.05, 3.63) is 45.9 Å². The zero-order chi connectivity index (χ0) is 18.4. The van der Waals surface area contributed by atoms with E-state index in [1.165, 1.54) is 11.3 Å². The molecule has 1 fully saturated rings. The number of thiazole rings is 1. The Labute approximate surface area is 155 Å². The number of benzene rings is 1. The number of nitrogens with zero attached hydrogens (tertiary/aromatic N) is 2. The minimum Gasteiger partial charge on any atom is -0.462 e. The average Bonchev–Trinajstić information content (AvgIpc) is 3.12. The molecular formula is C18H21N3O4S. The maximum Gasteiger partial charge on any atom is 0.338 e. The van der Waals surface area contributed by atoms with E-state index < -0.39 is 0 Å². The lowest BCUT2D eigenvalue weighted by Crippen LogP contribution is -2.35. The van der Waals surface area contributed by atoms with Crippen LogP contribution in [0.2, 0.25) is 0 Å². The van der Waals surface area contributed by atoms with Crippen molar-refractivity contribution >= 4 is 28.9 Å². The molecule has 0 radical (unpaired) electrons. The molecule has 2 heterocycles. The van der Waals surface area contributed by atoms with Gasteiger partial charge in [-0.25, -0.2) is 9.78 Å². The predicted molar refractivity (Wildman–Crippen MR) is 98.6 cm³/mol. The number of hydrogen-bond acceptors (Lipinski definition) is 7. The standard InChI is InChI=1S/C18H21N3O4S/c1-2-25-18(23)13-3-5-14(6-4-13)19-17(22)15-12-26-16(20-15)11-21-7-9-24-10-8-21/h3-6,12H,2,7-11H2,1H3,(H,19,22). The van der Waals surface area contributed by atoms with Gasteiger partial charge in [0.1, 0.15) is 10.7 Å². The smallest absolute Gasteiger partial charge is 0.338 e. The molecule has 0 spiro atoms. The maximum absolute atomic E-state index is 12.3. The molecular weight excluding hydrogens is 354 g/mol. The van der Waals surface area contributed by atoms with E-state index in [4.69, 9.17) is 9.47 Å². The summed E-state index contributed by atoms with van der Waals surface area (Å²) in [6.07, 6.45) is 0. The molecule has 8 heteroatoms. The number of rotatable bonds is 6. The van der Waals surface area contributed by atoms with Crippen LogP contribution in [0.15, 0.2) is 29.6 Å². The van der Waals surface area contributed by atoms with E-state index in [0.29, 0.717) is 23.6 Å². The third kappa shape index (κ3) is 4.87. The molecule has 26 heavy (non-hydrogen) atoms. The van der Waals surface area contributed by atoms with Crippen LogP contribution in [0.3, 0.4) is 0 Å². The number of hydrogen-bond donors (Lipinski definition) is 1. The van der Waals surface area contributed by atoms with Gasteiger partial charge in [-0.15, -0.1) is 11.3 Å². The minimum atomic E-state index is -0.377. The Balaban J connectivity index is 1.57. The highest BCUT2D eigenvalue weighted by atomic mass is 32.1. The van der Waals surface area contributed by atoms with Crippen molar-refractivity contribution < 1.29 is 19.1 Å². The molecule has 0 bridgehead atoms. The van der Waals surface area contributed by atoms with E-state index in [-0.39, 0.29) is 11.9 Å². The molecule has 1 N–H and O–H groups in total. The topological polar surface area (TPSA) is 80.8 Å². The first-order chi connectivity index (χ1) is 12.7. The summed E-state index contributed by atoms with van der Waals surface area (Å²) in [7, 11) is 0. The molecule has 1 amide bonds. The average molecular weight is 375 g/mol. The van der Waals surface area contributed by atoms with Crippen molar-refractivity contribution in [3.8, 4) is 0 Å². The minimum absolute atomic E-state index is 0.265. The molecule has 3 rings (SSSR count). The first kappa shape index (κ1) is 18.5. The zero-order valence-corrected chi connectivity index (χ0v) is 15.4. The highest BCUT2D eigenvalue weighted by Gasteiger charge is 2.15. The second-order valence-corrected chi connectivity index (χ2v) is 6.71. The van der Waals surface area contributed by atoms with E-state index in [1.54, 1.807) is 36.6 Å². The molecule has 2 aromatic rings. The fourth-order valence-electron chi connectivity index (χ4n) is 2.54. The Morgan fingerprint density at radius 1 is 1.27 bits per heavy atom. The highest BCUT2D eigenvalue weighted by molar-refractivity contribution is 7.09. The van der Waals surface area contributed by atoms with E-state index >= 15 is 0 Å². The zero-order valence-electron chi connectivity index (χ0n) is 14.6. The summed E-state index contributed by atoms with van der Waals surface area (Å²) >= 11 is 1.48. The van der Waals surface area contributed by atoms with Gasteiger partial charge in [0.15, 0.2) is 0 Å². The van der Waals surface area contributed by atoms with Crippen LogP contribution in [-0.2, 0) is 16.0 Å². The van der Waals surface area contributed by atoms with Crippen LogP contribution < -0.4 is 5.32 Å². The lowest BCUT2D eigenvalue weighted by Gasteiger charge is -2.25. The van der Waals surface area contributed by atoms with Gasteiger partial charge in [-0.3, -0.25) is 9.69 Å². The second-order valence-electron chi connectivity index (χ2n) is 5.77. The summed E-state index contributed by atoms with van der Waals surface area (Å²) in [6, 6.07) is 6.59. The molecule has 7 nitrogen and oxygen atoms in total.